The molecular weight excluding hydrogens is 200 g/mol. The van der Waals surface area contributed by atoms with Crippen LogP contribution in [0, 0.1) is 0 Å². The van der Waals surface area contributed by atoms with Crippen LogP contribution in [0.5, 0.6) is 0 Å². The molecular formula is C10H22O5. The first-order valence-electron chi connectivity index (χ1n) is 5.12. The van der Waals surface area contributed by atoms with E-state index in [9.17, 15) is 5.11 Å². The first kappa shape index (κ1) is 14.8. The summed E-state index contributed by atoms with van der Waals surface area (Å²) in [5.41, 5.74) is 0. The molecule has 1 unspecified atom stereocenters. The molecule has 15 heavy (non-hydrogen) atoms. The molecule has 5 nitrogen and oxygen atoms in total. The van der Waals surface area contributed by atoms with E-state index in [0.717, 1.165) is 6.42 Å². The van der Waals surface area contributed by atoms with E-state index in [-0.39, 0.29) is 6.61 Å². The lowest BCUT2D eigenvalue weighted by Crippen LogP contribution is -2.22. The third kappa shape index (κ3) is 11.7. The Morgan fingerprint density at radius 3 is 2.27 bits per heavy atom. The molecule has 0 amide bonds. The van der Waals surface area contributed by atoms with Crippen LogP contribution < -0.4 is 0 Å². The zero-order valence-corrected chi connectivity index (χ0v) is 9.61. The van der Waals surface area contributed by atoms with Gasteiger partial charge in [0.1, 0.15) is 6.10 Å². The average Bonchev–Trinajstić information content (AvgIpc) is 2.22. The van der Waals surface area contributed by atoms with Gasteiger partial charge in [-0.15, -0.1) is 0 Å². The van der Waals surface area contributed by atoms with E-state index >= 15 is 0 Å². The van der Waals surface area contributed by atoms with Gasteiger partial charge in [-0.25, -0.2) is 0 Å². The highest BCUT2D eigenvalue weighted by Crippen LogP contribution is 1.88. The summed E-state index contributed by atoms with van der Waals surface area (Å²) in [5.74, 6) is 0. The van der Waals surface area contributed by atoms with Gasteiger partial charge in [0.05, 0.1) is 26.4 Å². The van der Waals surface area contributed by atoms with E-state index in [4.69, 9.17) is 18.9 Å². The lowest BCUT2D eigenvalue weighted by atomic mass is 10.4. The van der Waals surface area contributed by atoms with Crippen LogP contribution >= 0.6 is 0 Å². The van der Waals surface area contributed by atoms with Crippen LogP contribution in [0.25, 0.3) is 0 Å². The largest absolute Gasteiger partial charge is 0.388 e. The lowest BCUT2D eigenvalue weighted by molar-refractivity contribution is -0.0240. The van der Waals surface area contributed by atoms with Gasteiger partial charge in [0.15, 0.2) is 0 Å². The molecule has 0 spiro atoms. The predicted molar refractivity (Wildman–Crippen MR) is 56.0 cm³/mol. The maximum Gasteiger partial charge on any atom is 0.101 e. The van der Waals surface area contributed by atoms with Crippen LogP contribution in [-0.4, -0.2) is 65.1 Å². The van der Waals surface area contributed by atoms with Gasteiger partial charge in [0.25, 0.3) is 0 Å². The first-order chi connectivity index (χ1) is 7.31. The fraction of sp³-hybridized carbons (Fsp3) is 1.00. The summed E-state index contributed by atoms with van der Waals surface area (Å²) in [6, 6.07) is 0. The van der Waals surface area contributed by atoms with Crippen molar-refractivity contribution in [3.8, 4) is 0 Å². The van der Waals surface area contributed by atoms with Crippen molar-refractivity contribution >= 4 is 0 Å². The number of hydrogen-bond donors (Lipinski definition) is 1. The Kier molecular flexibility index (Phi) is 11.7. The topological polar surface area (TPSA) is 57.2 Å². The highest BCUT2D eigenvalue weighted by Gasteiger charge is 2.02. The van der Waals surface area contributed by atoms with Crippen molar-refractivity contribution in [2.45, 2.75) is 12.5 Å². The molecule has 0 heterocycles. The molecule has 0 aliphatic rings. The summed E-state index contributed by atoms with van der Waals surface area (Å²) in [5, 5.41) is 9.21. The molecule has 0 bridgehead atoms. The average molecular weight is 222 g/mol. The number of rotatable bonds is 11. The van der Waals surface area contributed by atoms with Crippen LogP contribution in [-0.2, 0) is 18.9 Å². The quantitative estimate of drug-likeness (QED) is 0.501. The van der Waals surface area contributed by atoms with Gasteiger partial charge in [-0.2, -0.15) is 0 Å². The van der Waals surface area contributed by atoms with Crippen LogP contribution in [0.3, 0.4) is 0 Å². The van der Waals surface area contributed by atoms with E-state index in [1.165, 1.54) is 0 Å². The van der Waals surface area contributed by atoms with Gasteiger partial charge < -0.3 is 24.1 Å². The molecule has 5 heteroatoms. The monoisotopic (exact) mass is 222 g/mol. The summed E-state index contributed by atoms with van der Waals surface area (Å²) in [6.45, 7) is 3.02. The van der Waals surface area contributed by atoms with Gasteiger partial charge in [-0.1, -0.05) is 0 Å². The molecule has 0 aliphatic heterocycles. The van der Waals surface area contributed by atoms with Crippen molar-refractivity contribution in [1.29, 1.82) is 0 Å². The van der Waals surface area contributed by atoms with Crippen molar-refractivity contribution < 1.29 is 24.1 Å². The fourth-order valence-corrected chi connectivity index (χ4v) is 0.985. The summed E-state index contributed by atoms with van der Waals surface area (Å²) in [7, 11) is 3.21. The molecule has 92 valence electrons. The van der Waals surface area contributed by atoms with E-state index in [0.29, 0.717) is 33.0 Å². The normalized spacial score (nSPS) is 13.0. The van der Waals surface area contributed by atoms with Crippen LogP contribution in [0.2, 0.25) is 0 Å². The second kappa shape index (κ2) is 11.9. The Bertz CT molecular complexity index is 120. The van der Waals surface area contributed by atoms with Gasteiger partial charge in [-0.05, 0) is 6.42 Å². The SMILES string of the molecule is COCCCOCCOCC(O)COC. The van der Waals surface area contributed by atoms with Crippen LogP contribution in [0.4, 0.5) is 0 Å². The molecule has 0 radical (unpaired) electrons. The molecule has 0 aromatic rings. The van der Waals surface area contributed by atoms with E-state index < -0.39 is 6.10 Å². The van der Waals surface area contributed by atoms with E-state index in [2.05, 4.69) is 0 Å². The van der Waals surface area contributed by atoms with Crippen LogP contribution in [0.15, 0.2) is 0 Å². The first-order valence-corrected chi connectivity index (χ1v) is 5.12. The van der Waals surface area contributed by atoms with Crippen molar-refractivity contribution in [2.75, 3.05) is 53.9 Å². The molecule has 0 saturated heterocycles. The predicted octanol–water partition coefficient (Wildman–Crippen LogP) is 0.0634. The highest BCUT2D eigenvalue weighted by molar-refractivity contribution is 4.49. The minimum atomic E-state index is -0.552. The minimum absolute atomic E-state index is 0.287. The number of hydrogen-bond acceptors (Lipinski definition) is 5. The lowest BCUT2D eigenvalue weighted by Gasteiger charge is -2.10. The number of methoxy groups -OCH3 is 2. The second-order valence-electron chi connectivity index (χ2n) is 3.14. The van der Waals surface area contributed by atoms with Crippen molar-refractivity contribution in [3.63, 3.8) is 0 Å². The summed E-state index contributed by atoms with van der Waals surface area (Å²) in [6.07, 6.45) is 0.339. The zero-order chi connectivity index (χ0) is 11.4. The maximum atomic E-state index is 9.21. The molecule has 1 N–H and O–H groups in total. The molecule has 0 rings (SSSR count). The van der Waals surface area contributed by atoms with E-state index in [1.807, 2.05) is 0 Å². The zero-order valence-electron chi connectivity index (χ0n) is 9.61. The molecule has 0 aromatic heterocycles. The molecule has 1 atom stereocenters. The Morgan fingerprint density at radius 1 is 0.867 bits per heavy atom. The van der Waals surface area contributed by atoms with E-state index in [1.54, 1.807) is 14.2 Å². The smallest absolute Gasteiger partial charge is 0.101 e. The van der Waals surface area contributed by atoms with Gasteiger partial charge >= 0.3 is 0 Å². The number of aliphatic hydroxyl groups is 1. The van der Waals surface area contributed by atoms with Crippen molar-refractivity contribution in [3.05, 3.63) is 0 Å². The number of aliphatic hydroxyl groups excluding tert-OH is 1. The standard InChI is InChI=1S/C10H22O5/c1-12-4-3-5-14-6-7-15-9-10(11)8-13-2/h10-11H,3-9H2,1-2H3. The number of ether oxygens (including phenoxy) is 4. The molecule has 0 fully saturated rings. The Morgan fingerprint density at radius 2 is 1.60 bits per heavy atom. The van der Waals surface area contributed by atoms with Crippen molar-refractivity contribution in [2.24, 2.45) is 0 Å². The Balaban J connectivity index is 2.98. The maximum absolute atomic E-state index is 9.21. The Hall–Kier alpha value is -0.200. The third-order valence-corrected chi connectivity index (χ3v) is 1.68. The Labute approximate surface area is 91.3 Å². The highest BCUT2D eigenvalue weighted by atomic mass is 16.5. The van der Waals surface area contributed by atoms with Crippen LogP contribution in [0.1, 0.15) is 6.42 Å². The second-order valence-corrected chi connectivity index (χ2v) is 3.14. The van der Waals surface area contributed by atoms with Gasteiger partial charge in [0, 0.05) is 27.4 Å². The molecule has 0 aromatic carbocycles. The van der Waals surface area contributed by atoms with Gasteiger partial charge in [0.2, 0.25) is 0 Å². The molecule has 0 saturated carbocycles. The third-order valence-electron chi connectivity index (χ3n) is 1.68. The van der Waals surface area contributed by atoms with Gasteiger partial charge in [-0.3, -0.25) is 0 Å². The minimum Gasteiger partial charge on any atom is -0.388 e. The fourth-order valence-electron chi connectivity index (χ4n) is 0.985. The van der Waals surface area contributed by atoms with Crippen molar-refractivity contribution in [1.82, 2.24) is 0 Å². The summed E-state index contributed by atoms with van der Waals surface area (Å²) >= 11 is 0. The molecule has 0 aliphatic carbocycles. The summed E-state index contributed by atoms with van der Waals surface area (Å²) < 4.78 is 20.0. The summed E-state index contributed by atoms with van der Waals surface area (Å²) in [4.78, 5) is 0.